The molecule has 0 saturated carbocycles. The zero-order valence-corrected chi connectivity index (χ0v) is 23.8. The molecule has 0 spiro atoms. The molecule has 0 aliphatic heterocycles. The first-order chi connectivity index (χ1) is 17.0. The normalized spacial score (nSPS) is 11.0. The van der Waals surface area contributed by atoms with E-state index in [-0.39, 0.29) is 20.1 Å². The monoisotopic (exact) mass is 663 g/mol. The Hall–Kier alpha value is -3.37. The van der Waals surface area contributed by atoms with Crippen LogP contribution in [-0.4, -0.2) is 18.0 Å². The van der Waals surface area contributed by atoms with E-state index in [0.717, 1.165) is 44.5 Å². The standard InChI is InChI=1S/C20H18NOSi.C11H8N.Ir/c1-23(2,3)15-9-10-16-17-13-21-18(14-7-5-4-6-8-14)12-20(17)22-19(16)11-15;1-2-6-10(7-3-1)11-8-4-5-9-12-11;/h4-7,9-13H,1-3H3;1-6,8-9H;/q2*-1;. The van der Waals surface area contributed by atoms with Crippen molar-refractivity contribution in [3.05, 3.63) is 116 Å². The minimum absolute atomic E-state index is 0. The van der Waals surface area contributed by atoms with E-state index in [1.54, 1.807) is 6.20 Å². The second kappa shape index (κ2) is 11.1. The summed E-state index contributed by atoms with van der Waals surface area (Å²) in [5, 5.41) is 3.62. The summed E-state index contributed by atoms with van der Waals surface area (Å²) in [7, 11) is -1.34. The SMILES string of the molecule is C[Si](C)(C)c1ccc2c(c1)oc1cc(-c3[c-]cccc3)ncc12.[Ir].[c-]1ccccc1-c1ccccn1. The molecule has 0 atom stereocenters. The van der Waals surface area contributed by atoms with Crippen molar-refractivity contribution in [2.75, 3.05) is 0 Å². The number of hydrogen-bond acceptors (Lipinski definition) is 3. The Kier molecular flexibility index (Phi) is 7.95. The molecule has 6 rings (SSSR count). The van der Waals surface area contributed by atoms with Crippen molar-refractivity contribution in [2.45, 2.75) is 19.6 Å². The van der Waals surface area contributed by atoms with Crippen LogP contribution in [0.15, 0.2) is 108 Å². The Balaban J connectivity index is 0.000000198. The van der Waals surface area contributed by atoms with Crippen molar-refractivity contribution in [3.63, 3.8) is 0 Å². The van der Waals surface area contributed by atoms with Crippen LogP contribution in [0.1, 0.15) is 0 Å². The topological polar surface area (TPSA) is 38.9 Å². The number of benzene rings is 3. The molecule has 5 heteroatoms. The maximum absolute atomic E-state index is 6.12. The third-order valence-electron chi connectivity index (χ3n) is 5.86. The summed E-state index contributed by atoms with van der Waals surface area (Å²) in [4.78, 5) is 8.81. The Morgan fingerprint density at radius 3 is 1.94 bits per heavy atom. The van der Waals surface area contributed by atoms with E-state index < -0.39 is 8.07 Å². The molecule has 0 unspecified atom stereocenters. The number of furan rings is 1. The van der Waals surface area contributed by atoms with E-state index in [4.69, 9.17) is 4.42 Å². The Morgan fingerprint density at radius 2 is 1.33 bits per heavy atom. The van der Waals surface area contributed by atoms with Gasteiger partial charge in [-0.2, -0.15) is 0 Å². The molecule has 0 bridgehead atoms. The zero-order chi connectivity index (χ0) is 24.3. The first-order valence-corrected chi connectivity index (χ1v) is 15.2. The van der Waals surface area contributed by atoms with E-state index >= 15 is 0 Å². The maximum Gasteiger partial charge on any atom is 0.135 e. The van der Waals surface area contributed by atoms with E-state index in [1.807, 2.05) is 79.0 Å². The van der Waals surface area contributed by atoms with E-state index in [2.05, 4.69) is 59.9 Å². The Bertz CT molecular complexity index is 1520. The number of pyridine rings is 2. The van der Waals surface area contributed by atoms with Gasteiger partial charge in [-0.05, 0) is 29.6 Å². The van der Waals surface area contributed by atoms with Crippen LogP contribution >= 0.6 is 0 Å². The fraction of sp³-hybridized carbons (Fsp3) is 0.0968. The van der Waals surface area contributed by atoms with Crippen molar-refractivity contribution < 1.29 is 24.5 Å². The molecule has 36 heavy (non-hydrogen) atoms. The van der Waals surface area contributed by atoms with Crippen molar-refractivity contribution >= 4 is 35.2 Å². The van der Waals surface area contributed by atoms with Gasteiger partial charge >= 0.3 is 0 Å². The third kappa shape index (κ3) is 5.71. The van der Waals surface area contributed by atoms with Crippen LogP contribution in [0.4, 0.5) is 0 Å². The van der Waals surface area contributed by atoms with Gasteiger partial charge in [0.25, 0.3) is 0 Å². The molecule has 3 aromatic heterocycles. The van der Waals surface area contributed by atoms with Gasteiger partial charge < -0.3 is 14.4 Å². The van der Waals surface area contributed by atoms with Gasteiger partial charge in [-0.3, -0.25) is 0 Å². The van der Waals surface area contributed by atoms with E-state index in [1.165, 1.54) is 5.19 Å². The molecule has 0 saturated heterocycles. The third-order valence-corrected chi connectivity index (χ3v) is 7.90. The molecule has 3 nitrogen and oxygen atoms in total. The van der Waals surface area contributed by atoms with Gasteiger partial charge in [-0.1, -0.05) is 49.1 Å². The van der Waals surface area contributed by atoms with Crippen LogP contribution in [0.5, 0.6) is 0 Å². The molecule has 0 amide bonds. The number of rotatable bonds is 3. The van der Waals surface area contributed by atoms with E-state index in [0.29, 0.717) is 0 Å². The van der Waals surface area contributed by atoms with Gasteiger partial charge in [0.05, 0.1) is 8.07 Å². The van der Waals surface area contributed by atoms with Gasteiger partial charge in [0.1, 0.15) is 11.2 Å². The summed E-state index contributed by atoms with van der Waals surface area (Å²) in [6.07, 6.45) is 3.70. The van der Waals surface area contributed by atoms with Crippen molar-refractivity contribution in [1.29, 1.82) is 0 Å². The molecule has 0 aliphatic carbocycles. The van der Waals surface area contributed by atoms with Gasteiger partial charge in [0.2, 0.25) is 0 Å². The van der Waals surface area contributed by atoms with Crippen molar-refractivity contribution in [2.24, 2.45) is 0 Å². The maximum atomic E-state index is 6.12. The molecule has 3 aromatic carbocycles. The molecular formula is C31H26IrN2OSi-2. The minimum Gasteiger partial charge on any atom is -0.457 e. The molecule has 6 aromatic rings. The van der Waals surface area contributed by atoms with Gasteiger partial charge in [-0.15, -0.1) is 71.8 Å². The predicted octanol–water partition coefficient (Wildman–Crippen LogP) is 7.54. The van der Waals surface area contributed by atoms with Gasteiger partial charge in [-0.25, -0.2) is 0 Å². The van der Waals surface area contributed by atoms with E-state index in [9.17, 15) is 0 Å². The molecule has 0 aliphatic rings. The zero-order valence-electron chi connectivity index (χ0n) is 20.5. The van der Waals surface area contributed by atoms with Crippen LogP contribution < -0.4 is 5.19 Å². The van der Waals surface area contributed by atoms with Crippen LogP contribution in [0.2, 0.25) is 19.6 Å². The number of hydrogen-bond donors (Lipinski definition) is 0. The summed E-state index contributed by atoms with van der Waals surface area (Å²) < 4.78 is 6.12. The average molecular weight is 663 g/mol. The average Bonchev–Trinajstić information content (AvgIpc) is 3.27. The second-order valence-corrected chi connectivity index (χ2v) is 14.5. The van der Waals surface area contributed by atoms with Gasteiger partial charge in [0.15, 0.2) is 0 Å². The summed E-state index contributed by atoms with van der Waals surface area (Å²) >= 11 is 0. The summed E-state index contributed by atoms with van der Waals surface area (Å²) in [5.74, 6) is 0. The van der Waals surface area contributed by atoms with Crippen molar-refractivity contribution in [1.82, 2.24) is 9.97 Å². The number of nitrogens with zero attached hydrogens (tertiary/aromatic N) is 2. The van der Waals surface area contributed by atoms with Crippen LogP contribution in [-0.2, 0) is 20.1 Å². The first kappa shape index (κ1) is 25.7. The Morgan fingerprint density at radius 1 is 0.667 bits per heavy atom. The van der Waals surface area contributed by atoms with Crippen molar-refractivity contribution in [3.8, 4) is 22.5 Å². The molecule has 1 radical (unpaired) electrons. The largest absolute Gasteiger partial charge is 0.457 e. The smallest absolute Gasteiger partial charge is 0.135 e. The van der Waals surface area contributed by atoms with Crippen LogP contribution in [0.3, 0.4) is 0 Å². The minimum atomic E-state index is -1.34. The second-order valence-electron chi connectivity index (χ2n) is 9.40. The first-order valence-electron chi connectivity index (χ1n) is 11.7. The number of aromatic nitrogens is 2. The molecular weight excluding hydrogens is 637 g/mol. The number of fused-ring (bicyclic) bond motifs is 3. The molecule has 181 valence electrons. The summed E-state index contributed by atoms with van der Waals surface area (Å²) in [5.41, 5.74) is 5.72. The van der Waals surface area contributed by atoms with Crippen LogP contribution in [0, 0.1) is 12.1 Å². The fourth-order valence-corrected chi connectivity index (χ4v) is 5.06. The predicted molar refractivity (Wildman–Crippen MR) is 147 cm³/mol. The molecule has 3 heterocycles. The molecule has 0 fully saturated rings. The van der Waals surface area contributed by atoms with Gasteiger partial charge in [0, 0.05) is 43.3 Å². The van der Waals surface area contributed by atoms with Crippen LogP contribution in [0.25, 0.3) is 44.5 Å². The summed E-state index contributed by atoms with van der Waals surface area (Å²) in [6.45, 7) is 7.05. The Labute approximate surface area is 226 Å². The fourth-order valence-electron chi connectivity index (χ4n) is 3.91. The summed E-state index contributed by atoms with van der Waals surface area (Å²) in [6, 6.07) is 36.5. The quantitative estimate of drug-likeness (QED) is 0.145. The molecule has 0 N–H and O–H groups in total.